The second-order valence-electron chi connectivity index (χ2n) is 7.07. The van der Waals surface area contributed by atoms with Gasteiger partial charge in [-0.2, -0.15) is 0 Å². The van der Waals surface area contributed by atoms with E-state index in [0.717, 1.165) is 12.8 Å². The summed E-state index contributed by atoms with van der Waals surface area (Å²) >= 11 is 0. The molecule has 0 bridgehead atoms. The standard InChI is InChI=1S/C16H28N2O3/c1-6-12-13(19)17-16(5,7-2)14(20)18(12)11-8-9-21-15(3,4)10-11/h11-12H,6-10H2,1-5H3,(H,17,19). The van der Waals surface area contributed by atoms with Gasteiger partial charge in [-0.25, -0.2) is 0 Å². The second kappa shape index (κ2) is 5.59. The van der Waals surface area contributed by atoms with Crippen LogP contribution < -0.4 is 5.32 Å². The maximum atomic E-state index is 13.0. The van der Waals surface area contributed by atoms with Gasteiger partial charge in [-0.05, 0) is 46.5 Å². The molecule has 120 valence electrons. The van der Waals surface area contributed by atoms with E-state index >= 15 is 0 Å². The Hall–Kier alpha value is -1.10. The van der Waals surface area contributed by atoms with Crippen LogP contribution in [0.3, 0.4) is 0 Å². The number of carbonyl (C=O) groups is 2. The summed E-state index contributed by atoms with van der Waals surface area (Å²) in [4.78, 5) is 27.3. The molecule has 2 rings (SSSR count). The van der Waals surface area contributed by atoms with E-state index in [4.69, 9.17) is 4.74 Å². The van der Waals surface area contributed by atoms with Crippen molar-refractivity contribution in [3.8, 4) is 0 Å². The van der Waals surface area contributed by atoms with Gasteiger partial charge in [-0.3, -0.25) is 9.59 Å². The maximum Gasteiger partial charge on any atom is 0.248 e. The average molecular weight is 296 g/mol. The minimum absolute atomic E-state index is 0.0225. The van der Waals surface area contributed by atoms with Crippen LogP contribution in [0, 0.1) is 0 Å². The lowest BCUT2D eigenvalue weighted by molar-refractivity contribution is -0.164. The summed E-state index contributed by atoms with van der Waals surface area (Å²) in [6, 6.07) is -0.265. The van der Waals surface area contributed by atoms with Crippen LogP contribution >= 0.6 is 0 Å². The Morgan fingerprint density at radius 2 is 1.95 bits per heavy atom. The predicted octanol–water partition coefficient (Wildman–Crippen LogP) is 1.85. The number of hydrogen-bond donors (Lipinski definition) is 1. The first kappa shape index (κ1) is 16.3. The van der Waals surface area contributed by atoms with Crippen molar-refractivity contribution in [2.24, 2.45) is 0 Å². The van der Waals surface area contributed by atoms with E-state index in [1.807, 2.05) is 39.5 Å². The number of carbonyl (C=O) groups excluding carboxylic acids is 2. The van der Waals surface area contributed by atoms with Gasteiger partial charge in [0.25, 0.3) is 0 Å². The molecule has 2 heterocycles. The molecule has 2 aliphatic heterocycles. The fourth-order valence-electron chi connectivity index (χ4n) is 3.44. The molecule has 0 aliphatic carbocycles. The van der Waals surface area contributed by atoms with Crippen LogP contribution in [-0.4, -0.2) is 46.5 Å². The monoisotopic (exact) mass is 296 g/mol. The van der Waals surface area contributed by atoms with Gasteiger partial charge in [0.15, 0.2) is 0 Å². The van der Waals surface area contributed by atoms with Crippen LogP contribution in [0.15, 0.2) is 0 Å². The van der Waals surface area contributed by atoms with Gasteiger partial charge in [-0.1, -0.05) is 13.8 Å². The largest absolute Gasteiger partial charge is 0.375 e. The summed E-state index contributed by atoms with van der Waals surface area (Å²) in [5, 5.41) is 2.92. The molecule has 0 radical (unpaired) electrons. The third-order valence-electron chi connectivity index (χ3n) is 4.90. The normalized spacial score (nSPS) is 36.5. The minimum Gasteiger partial charge on any atom is -0.375 e. The number of rotatable bonds is 3. The zero-order chi connectivity index (χ0) is 15.8. The summed E-state index contributed by atoms with van der Waals surface area (Å²) in [6.07, 6.45) is 2.84. The van der Waals surface area contributed by atoms with Crippen molar-refractivity contribution in [1.82, 2.24) is 10.2 Å². The van der Waals surface area contributed by atoms with Gasteiger partial charge in [0.1, 0.15) is 11.6 Å². The van der Waals surface area contributed by atoms with Crippen LogP contribution in [0.5, 0.6) is 0 Å². The fourth-order valence-corrected chi connectivity index (χ4v) is 3.44. The van der Waals surface area contributed by atoms with Crippen molar-refractivity contribution in [2.45, 2.75) is 83.5 Å². The molecular formula is C16H28N2O3. The van der Waals surface area contributed by atoms with Crippen LogP contribution in [0.4, 0.5) is 0 Å². The number of nitrogens with one attached hydrogen (secondary N) is 1. The average Bonchev–Trinajstić information content (AvgIpc) is 2.41. The van der Waals surface area contributed by atoms with Gasteiger partial charge in [0.05, 0.1) is 5.60 Å². The van der Waals surface area contributed by atoms with Gasteiger partial charge in [0.2, 0.25) is 11.8 Å². The lowest BCUT2D eigenvalue weighted by Crippen LogP contribution is -2.71. The van der Waals surface area contributed by atoms with Gasteiger partial charge >= 0.3 is 0 Å². The molecule has 2 fully saturated rings. The fraction of sp³-hybridized carbons (Fsp3) is 0.875. The van der Waals surface area contributed by atoms with Crippen LogP contribution in [0.2, 0.25) is 0 Å². The maximum absolute atomic E-state index is 13.0. The first-order valence-electron chi connectivity index (χ1n) is 8.03. The molecule has 0 saturated carbocycles. The summed E-state index contributed by atoms with van der Waals surface area (Å²) in [5.74, 6) is 0.0323. The molecule has 3 atom stereocenters. The molecule has 0 aromatic heterocycles. The third kappa shape index (κ3) is 2.93. The van der Waals surface area contributed by atoms with Crippen LogP contribution in [-0.2, 0) is 14.3 Å². The molecule has 2 aliphatic rings. The zero-order valence-corrected chi connectivity index (χ0v) is 13.9. The van der Waals surface area contributed by atoms with Gasteiger partial charge in [0, 0.05) is 12.6 Å². The zero-order valence-electron chi connectivity index (χ0n) is 13.9. The highest BCUT2D eigenvalue weighted by Gasteiger charge is 2.50. The topological polar surface area (TPSA) is 58.6 Å². The lowest BCUT2D eigenvalue weighted by Gasteiger charge is -2.50. The number of ether oxygens (including phenoxy) is 1. The predicted molar refractivity (Wildman–Crippen MR) is 80.8 cm³/mol. The van der Waals surface area contributed by atoms with E-state index in [-0.39, 0.29) is 29.5 Å². The van der Waals surface area contributed by atoms with Crippen molar-refractivity contribution in [2.75, 3.05) is 6.61 Å². The Balaban J connectivity index is 2.31. The van der Waals surface area contributed by atoms with E-state index in [1.54, 1.807) is 0 Å². The molecule has 5 heteroatoms. The van der Waals surface area contributed by atoms with Crippen molar-refractivity contribution in [3.05, 3.63) is 0 Å². The Morgan fingerprint density at radius 1 is 1.29 bits per heavy atom. The molecule has 5 nitrogen and oxygen atoms in total. The van der Waals surface area contributed by atoms with E-state index in [2.05, 4.69) is 5.32 Å². The highest BCUT2D eigenvalue weighted by molar-refractivity contribution is 5.99. The Kier molecular flexibility index (Phi) is 4.34. The number of piperazine rings is 1. The van der Waals surface area contributed by atoms with Crippen LogP contribution in [0.1, 0.15) is 60.3 Å². The van der Waals surface area contributed by atoms with E-state index < -0.39 is 5.54 Å². The highest BCUT2D eigenvalue weighted by atomic mass is 16.5. The number of amides is 2. The smallest absolute Gasteiger partial charge is 0.248 e. The SMILES string of the molecule is CCC1C(=O)NC(C)(CC)C(=O)N1C1CCOC(C)(C)C1. The molecule has 3 unspecified atom stereocenters. The lowest BCUT2D eigenvalue weighted by atomic mass is 9.86. The molecule has 2 saturated heterocycles. The Morgan fingerprint density at radius 3 is 2.48 bits per heavy atom. The number of nitrogens with zero attached hydrogens (tertiary/aromatic N) is 1. The molecule has 21 heavy (non-hydrogen) atoms. The first-order chi connectivity index (χ1) is 9.74. The minimum atomic E-state index is -0.773. The summed E-state index contributed by atoms with van der Waals surface area (Å²) in [5.41, 5.74) is -1.01. The number of hydrogen-bond acceptors (Lipinski definition) is 3. The molecule has 1 N–H and O–H groups in total. The van der Waals surface area contributed by atoms with E-state index in [0.29, 0.717) is 19.4 Å². The summed E-state index contributed by atoms with van der Waals surface area (Å²) < 4.78 is 5.76. The molecule has 0 spiro atoms. The summed E-state index contributed by atoms with van der Waals surface area (Å²) in [7, 11) is 0. The second-order valence-corrected chi connectivity index (χ2v) is 7.07. The van der Waals surface area contributed by atoms with Crippen molar-refractivity contribution in [3.63, 3.8) is 0 Å². The Bertz CT molecular complexity index is 435. The van der Waals surface area contributed by atoms with Crippen molar-refractivity contribution < 1.29 is 14.3 Å². The highest BCUT2D eigenvalue weighted by Crippen LogP contribution is 2.33. The molecule has 2 amide bonds. The van der Waals surface area contributed by atoms with Crippen molar-refractivity contribution in [1.29, 1.82) is 0 Å². The quantitative estimate of drug-likeness (QED) is 0.864. The molecular weight excluding hydrogens is 268 g/mol. The molecule has 0 aromatic rings. The first-order valence-corrected chi connectivity index (χ1v) is 8.03. The van der Waals surface area contributed by atoms with Crippen LogP contribution in [0.25, 0.3) is 0 Å². The van der Waals surface area contributed by atoms with E-state index in [9.17, 15) is 9.59 Å². The molecule has 0 aromatic carbocycles. The van der Waals surface area contributed by atoms with Gasteiger partial charge < -0.3 is 15.0 Å². The third-order valence-corrected chi connectivity index (χ3v) is 4.90. The van der Waals surface area contributed by atoms with Crippen molar-refractivity contribution >= 4 is 11.8 Å². The Labute approximate surface area is 127 Å². The van der Waals surface area contributed by atoms with Gasteiger partial charge in [-0.15, -0.1) is 0 Å². The summed E-state index contributed by atoms with van der Waals surface area (Å²) in [6.45, 7) is 10.5. The van der Waals surface area contributed by atoms with E-state index in [1.165, 1.54) is 0 Å².